The van der Waals surface area contributed by atoms with Gasteiger partial charge in [-0.15, -0.1) is 13.3 Å². The third kappa shape index (κ3) is 3.03. The van der Waals surface area contributed by atoms with Crippen molar-refractivity contribution in [2.75, 3.05) is 0 Å². The molecule has 2 rings (SSSR count). The minimum absolute atomic E-state index is 0. The number of rotatable bonds is 2. The molecule has 0 bridgehead atoms. The second-order valence-electron chi connectivity index (χ2n) is 3.90. The maximum atomic E-state index is 3.51. The summed E-state index contributed by atoms with van der Waals surface area (Å²) in [6, 6.07) is 10.8. The van der Waals surface area contributed by atoms with Gasteiger partial charge in [0.25, 0.3) is 0 Å². The molecule has 0 N–H and O–H groups in total. The van der Waals surface area contributed by atoms with E-state index in [1.54, 1.807) is 0 Å². The molecule has 1 aliphatic rings. The zero-order valence-electron chi connectivity index (χ0n) is 9.12. The Bertz CT molecular complexity index is 390. The maximum absolute atomic E-state index is 3.51. The Balaban J connectivity index is 0.00000112. The van der Waals surface area contributed by atoms with Gasteiger partial charge in [0.05, 0.1) is 0 Å². The van der Waals surface area contributed by atoms with Gasteiger partial charge in [-0.3, -0.25) is 6.08 Å². The van der Waals surface area contributed by atoms with Gasteiger partial charge in [0.15, 0.2) is 0 Å². The summed E-state index contributed by atoms with van der Waals surface area (Å²) in [5.41, 5.74) is 3.00. The van der Waals surface area contributed by atoms with Gasteiger partial charge in [0, 0.05) is 30.6 Å². The van der Waals surface area contributed by atoms with Crippen LogP contribution in [0.5, 0.6) is 0 Å². The predicted octanol–water partition coefficient (Wildman–Crippen LogP) is 1.91. The van der Waals surface area contributed by atoms with Crippen LogP contribution in [0.3, 0.4) is 0 Å². The van der Waals surface area contributed by atoms with Crippen LogP contribution in [0, 0.1) is 6.08 Å². The molecule has 82 valence electrons. The average Bonchev–Trinajstić information content (AvgIpc) is 2.52. The van der Waals surface area contributed by atoms with Gasteiger partial charge in [-0.2, -0.15) is 5.57 Å². The van der Waals surface area contributed by atoms with Crippen LogP contribution >= 0.6 is 0 Å². The molecular formula is C13H15PtSi-. The smallest absolute Gasteiger partial charge is 0.0498 e. The number of hydrogen-bond acceptors (Lipinski definition) is 0. The third-order valence-corrected chi connectivity index (χ3v) is 4.90. The SMILES string of the molecule is CC1=C(C)C([SiH2]c2ccccc2)=[C-]C1.[Pt]. The van der Waals surface area contributed by atoms with Gasteiger partial charge in [0.2, 0.25) is 0 Å². The Kier molecular flexibility index (Phi) is 4.75. The second kappa shape index (κ2) is 5.62. The van der Waals surface area contributed by atoms with Crippen molar-refractivity contribution >= 4 is 14.7 Å². The minimum Gasteiger partial charge on any atom is -0.273 e. The molecule has 0 spiro atoms. The van der Waals surface area contributed by atoms with E-state index in [9.17, 15) is 0 Å². The van der Waals surface area contributed by atoms with Gasteiger partial charge in [0.1, 0.15) is 0 Å². The summed E-state index contributed by atoms with van der Waals surface area (Å²) in [5.74, 6) is 0. The van der Waals surface area contributed by atoms with E-state index in [2.05, 4.69) is 50.3 Å². The van der Waals surface area contributed by atoms with Crippen molar-refractivity contribution in [3.05, 3.63) is 52.8 Å². The van der Waals surface area contributed by atoms with E-state index < -0.39 is 0 Å². The molecule has 1 aromatic carbocycles. The summed E-state index contributed by atoms with van der Waals surface area (Å²) in [7, 11) is -0.267. The zero-order valence-corrected chi connectivity index (χ0v) is 12.8. The first kappa shape index (κ1) is 12.7. The van der Waals surface area contributed by atoms with Crippen LogP contribution in [-0.4, -0.2) is 9.52 Å². The fourth-order valence-corrected chi connectivity index (χ4v) is 3.49. The minimum atomic E-state index is -0.267. The molecule has 0 atom stereocenters. The quantitative estimate of drug-likeness (QED) is 0.531. The van der Waals surface area contributed by atoms with Crippen molar-refractivity contribution in [3.8, 4) is 0 Å². The number of benzene rings is 1. The van der Waals surface area contributed by atoms with E-state index in [1.807, 2.05) is 0 Å². The third-order valence-electron chi connectivity index (χ3n) is 2.88. The van der Waals surface area contributed by atoms with Crippen molar-refractivity contribution < 1.29 is 21.1 Å². The van der Waals surface area contributed by atoms with Crippen LogP contribution in [0.2, 0.25) is 0 Å². The van der Waals surface area contributed by atoms with Crippen LogP contribution in [0.15, 0.2) is 46.7 Å². The van der Waals surface area contributed by atoms with Crippen molar-refractivity contribution in [1.29, 1.82) is 0 Å². The van der Waals surface area contributed by atoms with Gasteiger partial charge in [-0.1, -0.05) is 42.4 Å². The molecule has 0 heterocycles. The fourth-order valence-electron chi connectivity index (χ4n) is 1.76. The largest absolute Gasteiger partial charge is 0.273 e. The summed E-state index contributed by atoms with van der Waals surface area (Å²) in [5, 5.41) is 3.04. The second-order valence-corrected chi connectivity index (χ2v) is 5.78. The molecular weight excluding hydrogens is 379 g/mol. The first-order valence-electron chi connectivity index (χ1n) is 5.07. The molecule has 0 fully saturated rings. The summed E-state index contributed by atoms with van der Waals surface area (Å²) in [6.07, 6.45) is 4.57. The Hall–Kier alpha value is -0.395. The molecule has 0 saturated heterocycles. The Labute approximate surface area is 109 Å². The topological polar surface area (TPSA) is 0 Å². The summed E-state index contributed by atoms with van der Waals surface area (Å²) in [4.78, 5) is 0. The maximum Gasteiger partial charge on any atom is 0.0498 e. The van der Waals surface area contributed by atoms with Crippen LogP contribution in [0.1, 0.15) is 20.3 Å². The van der Waals surface area contributed by atoms with Crippen molar-refractivity contribution in [2.24, 2.45) is 0 Å². The summed E-state index contributed by atoms with van der Waals surface area (Å²) >= 11 is 0. The molecule has 0 aromatic heterocycles. The summed E-state index contributed by atoms with van der Waals surface area (Å²) < 4.78 is 0. The molecule has 0 amide bonds. The average molecular weight is 394 g/mol. The van der Waals surface area contributed by atoms with Crippen LogP contribution < -0.4 is 5.19 Å². The molecule has 0 nitrogen and oxygen atoms in total. The molecule has 0 radical (unpaired) electrons. The Morgan fingerprint density at radius 2 is 1.80 bits per heavy atom. The zero-order chi connectivity index (χ0) is 9.97. The van der Waals surface area contributed by atoms with E-state index >= 15 is 0 Å². The normalized spacial score (nSPS) is 15.7. The van der Waals surface area contributed by atoms with E-state index in [-0.39, 0.29) is 30.6 Å². The van der Waals surface area contributed by atoms with Crippen molar-refractivity contribution in [3.63, 3.8) is 0 Å². The van der Waals surface area contributed by atoms with E-state index in [1.165, 1.54) is 21.5 Å². The van der Waals surface area contributed by atoms with E-state index in [0.29, 0.717) is 0 Å². The summed E-state index contributed by atoms with van der Waals surface area (Å²) in [6.45, 7) is 4.45. The first-order valence-corrected chi connectivity index (χ1v) is 6.49. The molecule has 15 heavy (non-hydrogen) atoms. The van der Waals surface area contributed by atoms with Crippen molar-refractivity contribution in [1.82, 2.24) is 0 Å². The van der Waals surface area contributed by atoms with Crippen molar-refractivity contribution in [2.45, 2.75) is 20.3 Å². The van der Waals surface area contributed by atoms with Gasteiger partial charge < -0.3 is 0 Å². The van der Waals surface area contributed by atoms with Crippen LogP contribution in [0.4, 0.5) is 0 Å². The molecule has 1 aromatic rings. The van der Waals surface area contributed by atoms with Crippen LogP contribution in [0.25, 0.3) is 0 Å². The molecule has 0 aliphatic heterocycles. The van der Waals surface area contributed by atoms with Gasteiger partial charge in [-0.25, -0.2) is 10.8 Å². The van der Waals surface area contributed by atoms with E-state index in [0.717, 1.165) is 6.42 Å². The predicted molar refractivity (Wildman–Crippen MR) is 64.4 cm³/mol. The molecule has 1 aliphatic carbocycles. The van der Waals surface area contributed by atoms with Gasteiger partial charge in [-0.05, 0) is 0 Å². The molecule has 2 heteroatoms. The first-order chi connectivity index (χ1) is 6.77. The Morgan fingerprint density at radius 3 is 2.33 bits per heavy atom. The fraction of sp³-hybridized carbons (Fsp3) is 0.231. The standard InChI is InChI=1S/C13H15Si.Pt/c1-10-8-9-13(11(10)2)14-12-6-4-3-5-7-12;/h3-7H,8,14H2,1-2H3;/q-1;. The molecule has 0 unspecified atom stereocenters. The molecule has 0 saturated carbocycles. The number of hydrogen-bond donors (Lipinski definition) is 0. The Morgan fingerprint density at radius 1 is 1.13 bits per heavy atom. The van der Waals surface area contributed by atoms with Gasteiger partial charge >= 0.3 is 0 Å². The van der Waals surface area contributed by atoms with Crippen LogP contribution in [-0.2, 0) is 21.1 Å². The monoisotopic (exact) mass is 394 g/mol. The van der Waals surface area contributed by atoms with E-state index in [4.69, 9.17) is 0 Å². The number of allylic oxidation sites excluding steroid dienone is 4.